The van der Waals surface area contributed by atoms with E-state index in [2.05, 4.69) is 5.10 Å². The van der Waals surface area contributed by atoms with Gasteiger partial charge in [0.25, 0.3) is 11.5 Å². The van der Waals surface area contributed by atoms with Crippen LogP contribution in [0.4, 0.5) is 0 Å². The highest BCUT2D eigenvalue weighted by Gasteiger charge is 2.15. The number of aromatic nitrogens is 2. The van der Waals surface area contributed by atoms with Crippen LogP contribution in [-0.4, -0.2) is 41.4 Å². The minimum atomic E-state index is -0.268. The van der Waals surface area contributed by atoms with Crippen molar-refractivity contribution in [3.05, 3.63) is 63.0 Å². The first-order valence-corrected chi connectivity index (χ1v) is 7.46. The summed E-state index contributed by atoms with van der Waals surface area (Å²) >= 11 is 5.95. The van der Waals surface area contributed by atoms with Gasteiger partial charge in [-0.2, -0.15) is 5.10 Å². The van der Waals surface area contributed by atoms with Gasteiger partial charge in [0.05, 0.1) is 13.2 Å². The quantitative estimate of drug-likeness (QED) is 0.807. The number of hydrogen-bond donors (Lipinski definition) is 0. The third kappa shape index (κ3) is 4.64. The van der Waals surface area contributed by atoms with Gasteiger partial charge in [-0.05, 0) is 23.8 Å². The van der Waals surface area contributed by atoms with Crippen molar-refractivity contribution in [2.24, 2.45) is 0 Å². The molecule has 0 saturated carbocycles. The average molecular weight is 336 g/mol. The maximum atomic E-state index is 12.5. The van der Waals surface area contributed by atoms with E-state index < -0.39 is 0 Å². The van der Waals surface area contributed by atoms with E-state index in [9.17, 15) is 9.59 Å². The summed E-state index contributed by atoms with van der Waals surface area (Å²) in [6.07, 6.45) is 0. The lowest BCUT2D eigenvalue weighted by Crippen LogP contribution is -2.31. The fourth-order valence-corrected chi connectivity index (χ4v) is 2.29. The van der Waals surface area contributed by atoms with Crippen LogP contribution in [0, 0.1) is 0 Å². The van der Waals surface area contributed by atoms with Crippen molar-refractivity contribution >= 4 is 17.5 Å². The molecule has 122 valence electrons. The van der Waals surface area contributed by atoms with E-state index in [0.717, 1.165) is 5.56 Å². The summed E-state index contributed by atoms with van der Waals surface area (Å²) in [4.78, 5) is 25.7. The number of rotatable bonds is 6. The van der Waals surface area contributed by atoms with E-state index in [1.54, 1.807) is 26.3 Å². The molecule has 7 heteroatoms. The molecule has 0 spiro atoms. The Labute approximate surface area is 139 Å². The molecule has 6 nitrogen and oxygen atoms in total. The summed E-state index contributed by atoms with van der Waals surface area (Å²) in [7, 11) is 3.22. The Bertz CT molecular complexity index is 745. The molecule has 0 unspecified atom stereocenters. The molecule has 0 aliphatic heterocycles. The predicted molar refractivity (Wildman–Crippen MR) is 87.6 cm³/mol. The zero-order valence-corrected chi connectivity index (χ0v) is 13.8. The summed E-state index contributed by atoms with van der Waals surface area (Å²) < 4.78 is 6.16. The summed E-state index contributed by atoms with van der Waals surface area (Å²) in [5.41, 5.74) is 0.863. The molecule has 2 rings (SSSR count). The molecule has 1 amide bonds. The molecule has 1 aromatic carbocycles. The molecule has 1 aromatic heterocycles. The number of ether oxygens (including phenoxy) is 1. The second-order valence-electron chi connectivity index (χ2n) is 5.06. The number of halogens is 1. The lowest BCUT2D eigenvalue weighted by atomic mass is 10.2. The largest absolute Gasteiger partial charge is 0.383 e. The monoisotopic (exact) mass is 335 g/mol. The molecule has 0 aliphatic rings. The number of amides is 1. The molecular formula is C16H18ClN3O3. The Morgan fingerprint density at radius 2 is 2.13 bits per heavy atom. The fourth-order valence-electron chi connectivity index (χ4n) is 2.08. The molecule has 23 heavy (non-hydrogen) atoms. The van der Waals surface area contributed by atoms with Crippen LogP contribution in [0.2, 0.25) is 5.02 Å². The predicted octanol–water partition coefficient (Wildman–Crippen LogP) is 1.82. The Morgan fingerprint density at radius 3 is 2.83 bits per heavy atom. The Hall–Kier alpha value is -2.18. The van der Waals surface area contributed by atoms with Gasteiger partial charge in [-0.1, -0.05) is 23.7 Å². The molecule has 2 aromatic rings. The van der Waals surface area contributed by atoms with E-state index in [0.29, 0.717) is 24.7 Å². The van der Waals surface area contributed by atoms with Crippen LogP contribution in [0.15, 0.2) is 41.2 Å². The van der Waals surface area contributed by atoms with Gasteiger partial charge in [-0.15, -0.1) is 0 Å². The van der Waals surface area contributed by atoms with Crippen LogP contribution < -0.4 is 5.56 Å². The highest BCUT2D eigenvalue weighted by Crippen LogP contribution is 2.13. The van der Waals surface area contributed by atoms with Crippen molar-refractivity contribution in [3.8, 4) is 0 Å². The minimum absolute atomic E-state index is 0.213. The zero-order chi connectivity index (χ0) is 16.8. The SMILES string of the molecule is COCCn1nc(C(=O)N(C)Cc2cccc(Cl)c2)ccc1=O. The molecule has 1 heterocycles. The molecule has 0 N–H and O–H groups in total. The van der Waals surface area contributed by atoms with Crippen LogP contribution in [-0.2, 0) is 17.8 Å². The molecule has 0 aliphatic carbocycles. The number of nitrogens with zero attached hydrogens (tertiary/aromatic N) is 3. The third-order valence-corrected chi connectivity index (χ3v) is 3.48. The van der Waals surface area contributed by atoms with Gasteiger partial charge in [0, 0.05) is 31.8 Å². The van der Waals surface area contributed by atoms with Gasteiger partial charge in [-0.3, -0.25) is 9.59 Å². The van der Waals surface area contributed by atoms with E-state index in [-0.39, 0.29) is 17.2 Å². The summed E-state index contributed by atoms with van der Waals surface area (Å²) in [5.74, 6) is -0.267. The first-order chi connectivity index (χ1) is 11.0. The fraction of sp³-hybridized carbons (Fsp3) is 0.312. The van der Waals surface area contributed by atoms with E-state index in [1.165, 1.54) is 21.7 Å². The van der Waals surface area contributed by atoms with Gasteiger partial charge in [0.15, 0.2) is 0 Å². The van der Waals surface area contributed by atoms with E-state index in [1.807, 2.05) is 12.1 Å². The van der Waals surface area contributed by atoms with Crippen LogP contribution in [0.1, 0.15) is 16.1 Å². The molecule has 0 atom stereocenters. The maximum absolute atomic E-state index is 12.5. The number of hydrogen-bond acceptors (Lipinski definition) is 4. The van der Waals surface area contributed by atoms with Gasteiger partial charge in [0.1, 0.15) is 5.69 Å². The van der Waals surface area contributed by atoms with Crippen molar-refractivity contribution in [1.29, 1.82) is 0 Å². The first-order valence-electron chi connectivity index (χ1n) is 7.08. The molecule has 0 radical (unpaired) electrons. The lowest BCUT2D eigenvalue weighted by molar-refractivity contribution is 0.0775. The second-order valence-corrected chi connectivity index (χ2v) is 5.50. The number of methoxy groups -OCH3 is 1. The molecule has 0 bridgehead atoms. The number of carbonyl (C=O) groups excluding carboxylic acids is 1. The van der Waals surface area contributed by atoms with E-state index in [4.69, 9.17) is 16.3 Å². The van der Waals surface area contributed by atoms with Gasteiger partial charge < -0.3 is 9.64 Å². The maximum Gasteiger partial charge on any atom is 0.274 e. The lowest BCUT2D eigenvalue weighted by Gasteiger charge is -2.17. The highest BCUT2D eigenvalue weighted by atomic mass is 35.5. The van der Waals surface area contributed by atoms with Crippen LogP contribution in [0.3, 0.4) is 0 Å². The Kier molecular flexibility index (Phi) is 5.90. The Balaban J connectivity index is 2.14. The minimum Gasteiger partial charge on any atom is -0.383 e. The summed E-state index contributed by atoms with van der Waals surface area (Å²) in [5, 5.41) is 4.72. The van der Waals surface area contributed by atoms with Gasteiger partial charge in [0.2, 0.25) is 0 Å². The van der Waals surface area contributed by atoms with Gasteiger partial charge >= 0.3 is 0 Å². The number of carbonyl (C=O) groups is 1. The van der Waals surface area contributed by atoms with Crippen molar-refractivity contribution in [3.63, 3.8) is 0 Å². The zero-order valence-electron chi connectivity index (χ0n) is 13.0. The van der Waals surface area contributed by atoms with Crippen LogP contribution in [0.25, 0.3) is 0 Å². The first kappa shape index (κ1) is 17.2. The molecular weight excluding hydrogens is 318 g/mol. The highest BCUT2D eigenvalue weighted by molar-refractivity contribution is 6.30. The van der Waals surface area contributed by atoms with E-state index >= 15 is 0 Å². The average Bonchev–Trinajstić information content (AvgIpc) is 2.53. The van der Waals surface area contributed by atoms with Crippen molar-refractivity contribution in [1.82, 2.24) is 14.7 Å². The Morgan fingerprint density at radius 1 is 1.35 bits per heavy atom. The molecule has 0 fully saturated rings. The topological polar surface area (TPSA) is 64.4 Å². The summed E-state index contributed by atoms with van der Waals surface area (Å²) in [6, 6.07) is 10.1. The standard InChI is InChI=1S/C16H18ClN3O3/c1-19(11-12-4-3-5-13(17)10-12)16(22)14-6-7-15(21)20(18-14)8-9-23-2/h3-7,10H,8-9,11H2,1-2H3. The smallest absolute Gasteiger partial charge is 0.274 e. The third-order valence-electron chi connectivity index (χ3n) is 3.25. The van der Waals surface area contributed by atoms with Crippen LogP contribution in [0.5, 0.6) is 0 Å². The van der Waals surface area contributed by atoms with Crippen LogP contribution >= 0.6 is 11.6 Å². The van der Waals surface area contributed by atoms with Crippen molar-refractivity contribution in [2.45, 2.75) is 13.1 Å². The summed E-state index contributed by atoms with van der Waals surface area (Å²) in [6.45, 7) is 1.05. The van der Waals surface area contributed by atoms with Crippen molar-refractivity contribution in [2.75, 3.05) is 20.8 Å². The second kappa shape index (κ2) is 7.89. The van der Waals surface area contributed by atoms with Gasteiger partial charge in [-0.25, -0.2) is 4.68 Å². The van der Waals surface area contributed by atoms with Crippen molar-refractivity contribution < 1.29 is 9.53 Å². The normalized spacial score (nSPS) is 10.6. The number of benzene rings is 1. The molecule has 0 saturated heterocycles.